The Labute approximate surface area is 95.9 Å². The fourth-order valence-electron chi connectivity index (χ4n) is 1.19. The molecule has 0 aliphatic carbocycles. The summed E-state index contributed by atoms with van der Waals surface area (Å²) >= 11 is 1.45. The first-order valence-corrected chi connectivity index (χ1v) is 5.63. The molecule has 2 heterocycles. The van der Waals surface area contributed by atoms with Crippen molar-refractivity contribution in [3.8, 4) is 11.5 Å². The van der Waals surface area contributed by atoms with Gasteiger partial charge < -0.3 is 4.74 Å². The first kappa shape index (κ1) is 10.7. The highest BCUT2D eigenvalue weighted by molar-refractivity contribution is 7.07. The highest BCUT2D eigenvalue weighted by atomic mass is 32.1. The normalized spacial score (nSPS) is 10.4. The van der Waals surface area contributed by atoms with Gasteiger partial charge in [0.2, 0.25) is 11.6 Å². The molecule has 6 nitrogen and oxygen atoms in total. The Balaban J connectivity index is 2.32. The largest absolute Gasteiger partial charge is 0.460 e. The Bertz CT molecular complexity index is 492. The van der Waals surface area contributed by atoms with Crippen molar-refractivity contribution in [1.82, 2.24) is 19.7 Å². The van der Waals surface area contributed by atoms with Crippen molar-refractivity contribution in [3.05, 3.63) is 16.7 Å². The van der Waals surface area contributed by atoms with Gasteiger partial charge in [-0.05, 0) is 6.92 Å². The van der Waals surface area contributed by atoms with E-state index in [-0.39, 0.29) is 5.82 Å². The van der Waals surface area contributed by atoms with Gasteiger partial charge in [0, 0.05) is 12.4 Å². The van der Waals surface area contributed by atoms with Gasteiger partial charge in [-0.1, -0.05) is 0 Å². The average Bonchev–Trinajstić information content (AvgIpc) is 2.86. The van der Waals surface area contributed by atoms with E-state index < -0.39 is 5.97 Å². The lowest BCUT2D eigenvalue weighted by Crippen LogP contribution is -2.11. The van der Waals surface area contributed by atoms with Crippen LogP contribution in [-0.2, 0) is 11.8 Å². The van der Waals surface area contributed by atoms with Gasteiger partial charge in [-0.25, -0.2) is 14.5 Å². The molecule has 0 unspecified atom stereocenters. The lowest BCUT2D eigenvalue weighted by atomic mass is 10.5. The van der Waals surface area contributed by atoms with Crippen LogP contribution in [-0.4, -0.2) is 32.3 Å². The fourth-order valence-corrected chi connectivity index (χ4v) is 1.72. The molecule has 0 saturated carbocycles. The third kappa shape index (κ3) is 1.94. The van der Waals surface area contributed by atoms with Crippen LogP contribution in [0.25, 0.3) is 11.5 Å². The Morgan fingerprint density at radius 1 is 1.62 bits per heavy atom. The summed E-state index contributed by atoms with van der Waals surface area (Å²) in [4.78, 5) is 19.7. The van der Waals surface area contributed by atoms with E-state index in [1.54, 1.807) is 19.5 Å². The quantitative estimate of drug-likeness (QED) is 0.749. The minimum absolute atomic E-state index is 0.185. The number of aryl methyl sites for hydroxylation is 1. The minimum atomic E-state index is -0.473. The summed E-state index contributed by atoms with van der Waals surface area (Å²) in [5.41, 5.74) is 2.35. The van der Waals surface area contributed by atoms with Crippen LogP contribution >= 0.6 is 11.3 Å². The van der Waals surface area contributed by atoms with E-state index in [4.69, 9.17) is 4.74 Å². The van der Waals surface area contributed by atoms with E-state index in [1.807, 2.05) is 5.38 Å². The molecule has 0 fully saturated rings. The van der Waals surface area contributed by atoms with Gasteiger partial charge in [-0.3, -0.25) is 0 Å². The number of carbonyl (C=O) groups is 1. The summed E-state index contributed by atoms with van der Waals surface area (Å²) in [5, 5.41) is 5.93. The lowest BCUT2D eigenvalue weighted by molar-refractivity contribution is 0.0506. The molecule has 2 aromatic heterocycles. The van der Waals surface area contributed by atoms with E-state index >= 15 is 0 Å². The van der Waals surface area contributed by atoms with E-state index in [0.717, 1.165) is 0 Å². The minimum Gasteiger partial charge on any atom is -0.460 e. The summed E-state index contributed by atoms with van der Waals surface area (Å²) in [7, 11) is 1.65. The molecule has 0 bridgehead atoms. The molecule has 0 aliphatic heterocycles. The van der Waals surface area contributed by atoms with Crippen LogP contribution in [0, 0.1) is 0 Å². The number of hydrogen-bond acceptors (Lipinski definition) is 6. The zero-order valence-corrected chi connectivity index (χ0v) is 9.69. The smallest absolute Gasteiger partial charge is 0.376 e. The average molecular weight is 238 g/mol. The molecule has 0 N–H and O–H groups in total. The van der Waals surface area contributed by atoms with Crippen LogP contribution in [0.15, 0.2) is 10.9 Å². The number of esters is 1. The predicted octanol–water partition coefficient (Wildman–Crippen LogP) is 1.12. The highest BCUT2D eigenvalue weighted by Gasteiger charge is 2.17. The van der Waals surface area contributed by atoms with Crippen molar-refractivity contribution in [2.75, 3.05) is 6.61 Å². The predicted molar refractivity (Wildman–Crippen MR) is 58.1 cm³/mol. The second-order valence-electron chi connectivity index (χ2n) is 2.98. The Morgan fingerprint density at radius 2 is 2.44 bits per heavy atom. The van der Waals surface area contributed by atoms with Crippen LogP contribution in [0.1, 0.15) is 17.5 Å². The molecule has 0 saturated heterocycles. The van der Waals surface area contributed by atoms with E-state index in [2.05, 4.69) is 15.1 Å². The molecular weight excluding hydrogens is 228 g/mol. The lowest BCUT2D eigenvalue weighted by Gasteiger charge is -1.98. The molecule has 0 radical (unpaired) electrons. The summed E-state index contributed by atoms with van der Waals surface area (Å²) in [5.74, 6) is 0.149. The standard InChI is InChI=1S/C9H10N4O2S/c1-3-15-9(14)8-11-7(12-13(8)2)6-4-16-5-10-6/h4-5H,3H2,1-2H3. The third-order valence-corrected chi connectivity index (χ3v) is 2.47. The molecule has 2 aromatic rings. The molecular formula is C9H10N4O2S. The molecule has 2 rings (SSSR count). The number of ether oxygens (including phenoxy) is 1. The molecule has 7 heteroatoms. The van der Waals surface area contributed by atoms with E-state index in [0.29, 0.717) is 18.1 Å². The summed E-state index contributed by atoms with van der Waals surface area (Å²) < 4.78 is 6.25. The molecule has 16 heavy (non-hydrogen) atoms. The first-order valence-electron chi connectivity index (χ1n) is 4.69. The molecule has 0 spiro atoms. The maximum Gasteiger partial charge on any atom is 0.376 e. The summed E-state index contributed by atoms with van der Waals surface area (Å²) in [6, 6.07) is 0. The third-order valence-electron chi connectivity index (χ3n) is 1.88. The van der Waals surface area contributed by atoms with Gasteiger partial charge >= 0.3 is 5.97 Å². The Morgan fingerprint density at radius 3 is 3.06 bits per heavy atom. The number of hydrogen-bond donors (Lipinski definition) is 0. The zero-order valence-electron chi connectivity index (χ0n) is 8.88. The van der Waals surface area contributed by atoms with Crippen molar-refractivity contribution < 1.29 is 9.53 Å². The Kier molecular flexibility index (Phi) is 2.95. The van der Waals surface area contributed by atoms with Gasteiger partial charge in [0.1, 0.15) is 5.69 Å². The molecule has 0 aromatic carbocycles. The van der Waals surface area contributed by atoms with Crippen LogP contribution in [0.5, 0.6) is 0 Å². The zero-order chi connectivity index (χ0) is 11.5. The first-order chi connectivity index (χ1) is 7.72. The summed E-state index contributed by atoms with van der Waals surface area (Å²) in [6.45, 7) is 2.06. The van der Waals surface area contributed by atoms with Crippen molar-refractivity contribution in [2.24, 2.45) is 7.05 Å². The Hall–Kier alpha value is -1.76. The molecule has 0 aliphatic rings. The number of carbonyl (C=O) groups excluding carboxylic acids is 1. The van der Waals surface area contributed by atoms with Crippen molar-refractivity contribution in [3.63, 3.8) is 0 Å². The van der Waals surface area contributed by atoms with Crippen molar-refractivity contribution in [2.45, 2.75) is 6.92 Å². The number of aromatic nitrogens is 4. The SMILES string of the molecule is CCOC(=O)c1nc(-c2cscn2)nn1C. The fraction of sp³-hybridized carbons (Fsp3) is 0.333. The van der Waals surface area contributed by atoms with E-state index in [9.17, 15) is 4.79 Å². The van der Waals surface area contributed by atoms with Gasteiger partial charge in [0.15, 0.2) is 0 Å². The summed E-state index contributed by atoms with van der Waals surface area (Å²) in [6.07, 6.45) is 0. The van der Waals surface area contributed by atoms with Crippen LogP contribution in [0.3, 0.4) is 0 Å². The van der Waals surface area contributed by atoms with Crippen molar-refractivity contribution in [1.29, 1.82) is 0 Å². The number of nitrogens with zero attached hydrogens (tertiary/aromatic N) is 4. The molecule has 0 amide bonds. The molecule has 84 valence electrons. The van der Waals surface area contributed by atoms with Crippen LogP contribution in [0.4, 0.5) is 0 Å². The second kappa shape index (κ2) is 4.40. The monoisotopic (exact) mass is 238 g/mol. The van der Waals surface area contributed by atoms with Gasteiger partial charge in [-0.2, -0.15) is 4.98 Å². The topological polar surface area (TPSA) is 69.9 Å². The maximum absolute atomic E-state index is 11.5. The van der Waals surface area contributed by atoms with E-state index in [1.165, 1.54) is 16.0 Å². The van der Waals surface area contributed by atoms with Crippen LogP contribution < -0.4 is 0 Å². The number of rotatable bonds is 3. The number of thiazole rings is 1. The molecule has 0 atom stereocenters. The van der Waals surface area contributed by atoms with Crippen molar-refractivity contribution >= 4 is 17.3 Å². The second-order valence-corrected chi connectivity index (χ2v) is 3.70. The van der Waals surface area contributed by atoms with Crippen LogP contribution in [0.2, 0.25) is 0 Å². The van der Waals surface area contributed by atoms with Gasteiger partial charge in [0.25, 0.3) is 0 Å². The highest BCUT2D eigenvalue weighted by Crippen LogP contribution is 2.15. The van der Waals surface area contributed by atoms with Gasteiger partial charge in [0.05, 0.1) is 12.1 Å². The van der Waals surface area contributed by atoms with Gasteiger partial charge in [-0.15, -0.1) is 16.4 Å². The maximum atomic E-state index is 11.5.